The minimum absolute atomic E-state index is 0.0149. The smallest absolute Gasteiger partial charge is 0.354 e. The van der Waals surface area contributed by atoms with Crippen LogP contribution >= 0.6 is 0 Å². The largest absolute Gasteiger partial charge is 0.492 e. The number of hydrogen-bond acceptors (Lipinski definition) is 3. The second kappa shape index (κ2) is 5.01. The molecule has 0 radical (unpaired) electrons. The average molecular weight is 193 g/mol. The van der Waals surface area contributed by atoms with E-state index >= 15 is 0 Å². The van der Waals surface area contributed by atoms with Crippen molar-refractivity contribution >= 4 is 5.97 Å². The van der Waals surface area contributed by atoms with E-state index < -0.39 is 5.97 Å². The van der Waals surface area contributed by atoms with E-state index in [0.29, 0.717) is 12.4 Å². The second-order valence-corrected chi connectivity index (χ2v) is 2.61. The lowest BCUT2D eigenvalue weighted by atomic mass is 10.3. The molecule has 4 nitrogen and oxygen atoms in total. The molecule has 74 valence electrons. The van der Waals surface area contributed by atoms with Gasteiger partial charge in [-0.3, -0.25) is 0 Å². The summed E-state index contributed by atoms with van der Waals surface area (Å²) in [4.78, 5) is 14.2. The predicted molar refractivity (Wildman–Crippen MR) is 51.5 cm³/mol. The molecule has 0 fully saturated rings. The van der Waals surface area contributed by atoms with Gasteiger partial charge in [0.2, 0.25) is 0 Å². The first-order valence-electron chi connectivity index (χ1n) is 4.17. The number of aromatic carboxylic acids is 1. The molecule has 1 rings (SSSR count). The summed E-state index contributed by atoms with van der Waals surface area (Å²) in [5, 5.41) is 8.57. The van der Waals surface area contributed by atoms with Gasteiger partial charge in [-0.25, -0.2) is 9.78 Å². The summed E-state index contributed by atoms with van der Waals surface area (Å²) in [6, 6.07) is 2.99. The van der Waals surface area contributed by atoms with Crippen molar-refractivity contribution in [3.05, 3.63) is 36.7 Å². The van der Waals surface area contributed by atoms with Crippen LogP contribution in [0.3, 0.4) is 0 Å². The fourth-order valence-corrected chi connectivity index (χ4v) is 0.852. The third-order valence-electron chi connectivity index (χ3n) is 1.55. The minimum atomic E-state index is -1.04. The zero-order valence-electron chi connectivity index (χ0n) is 7.64. The average Bonchev–Trinajstić information content (AvgIpc) is 2.19. The number of carboxylic acid groups (broad SMARTS) is 1. The van der Waals surface area contributed by atoms with Gasteiger partial charge < -0.3 is 9.84 Å². The molecule has 0 saturated heterocycles. The minimum Gasteiger partial charge on any atom is -0.492 e. The third kappa shape index (κ3) is 2.90. The Morgan fingerprint density at radius 1 is 1.64 bits per heavy atom. The zero-order valence-corrected chi connectivity index (χ0v) is 7.64. The number of ether oxygens (including phenoxy) is 1. The molecular weight excluding hydrogens is 182 g/mol. The summed E-state index contributed by atoms with van der Waals surface area (Å²) in [7, 11) is 0. The molecule has 1 heterocycles. The molecule has 0 aromatic carbocycles. The predicted octanol–water partition coefficient (Wildman–Crippen LogP) is 1.73. The van der Waals surface area contributed by atoms with Gasteiger partial charge in [-0.15, -0.1) is 6.58 Å². The lowest BCUT2D eigenvalue weighted by molar-refractivity contribution is 0.0690. The number of aromatic nitrogens is 1. The Bertz CT molecular complexity index is 319. The van der Waals surface area contributed by atoms with E-state index in [1.807, 2.05) is 0 Å². The Kier molecular flexibility index (Phi) is 3.67. The van der Waals surface area contributed by atoms with Crippen LogP contribution in [-0.4, -0.2) is 22.7 Å². The molecule has 0 saturated carbocycles. The standard InChI is InChI=1S/C10H11NO3/c1-2-3-6-14-8-4-5-9(10(12)13)11-7-8/h2,4-5,7H,1,3,6H2,(H,12,13). The van der Waals surface area contributed by atoms with Gasteiger partial charge in [0.05, 0.1) is 12.8 Å². The van der Waals surface area contributed by atoms with Crippen LogP contribution in [0.1, 0.15) is 16.9 Å². The van der Waals surface area contributed by atoms with Gasteiger partial charge in [-0.2, -0.15) is 0 Å². The highest BCUT2D eigenvalue weighted by molar-refractivity contribution is 5.85. The Morgan fingerprint density at radius 2 is 2.43 bits per heavy atom. The van der Waals surface area contributed by atoms with E-state index in [1.54, 1.807) is 12.1 Å². The first-order chi connectivity index (χ1) is 6.74. The number of hydrogen-bond donors (Lipinski definition) is 1. The molecular formula is C10H11NO3. The molecule has 0 atom stereocenters. The lowest BCUT2D eigenvalue weighted by Gasteiger charge is -2.03. The maximum atomic E-state index is 10.5. The van der Waals surface area contributed by atoms with Crippen LogP contribution in [0.15, 0.2) is 31.0 Å². The third-order valence-corrected chi connectivity index (χ3v) is 1.55. The highest BCUT2D eigenvalue weighted by Gasteiger charge is 2.03. The summed E-state index contributed by atoms with van der Waals surface area (Å²) < 4.78 is 5.25. The van der Waals surface area contributed by atoms with Crippen molar-refractivity contribution in [1.82, 2.24) is 4.98 Å². The van der Waals surface area contributed by atoms with Gasteiger partial charge in [0.25, 0.3) is 0 Å². The molecule has 1 aromatic rings. The van der Waals surface area contributed by atoms with Crippen LogP contribution in [0.25, 0.3) is 0 Å². The van der Waals surface area contributed by atoms with Crippen molar-refractivity contribution in [3.63, 3.8) is 0 Å². The number of pyridine rings is 1. The van der Waals surface area contributed by atoms with E-state index in [2.05, 4.69) is 11.6 Å². The molecule has 1 aromatic heterocycles. The highest BCUT2D eigenvalue weighted by atomic mass is 16.5. The van der Waals surface area contributed by atoms with Crippen molar-refractivity contribution in [1.29, 1.82) is 0 Å². The molecule has 0 aliphatic rings. The molecule has 0 spiro atoms. The second-order valence-electron chi connectivity index (χ2n) is 2.61. The summed E-state index contributed by atoms with van der Waals surface area (Å²) in [5.41, 5.74) is 0.0149. The fraction of sp³-hybridized carbons (Fsp3) is 0.200. The number of rotatable bonds is 5. The number of carbonyl (C=O) groups is 1. The SMILES string of the molecule is C=CCCOc1ccc(C(=O)O)nc1. The van der Waals surface area contributed by atoms with Crippen molar-refractivity contribution in [3.8, 4) is 5.75 Å². The summed E-state index contributed by atoms with van der Waals surface area (Å²) in [6.45, 7) is 4.08. The van der Waals surface area contributed by atoms with Gasteiger partial charge in [0.1, 0.15) is 11.4 Å². The quantitative estimate of drug-likeness (QED) is 0.571. The molecule has 0 aliphatic carbocycles. The Hall–Kier alpha value is -1.84. The van der Waals surface area contributed by atoms with Crippen molar-refractivity contribution in [2.45, 2.75) is 6.42 Å². The summed E-state index contributed by atoms with van der Waals surface area (Å²) in [6.07, 6.45) is 3.90. The molecule has 0 bridgehead atoms. The monoisotopic (exact) mass is 193 g/mol. The van der Waals surface area contributed by atoms with Crippen LogP contribution < -0.4 is 4.74 Å². The first-order valence-corrected chi connectivity index (χ1v) is 4.17. The van der Waals surface area contributed by atoms with Crippen molar-refractivity contribution < 1.29 is 14.6 Å². The van der Waals surface area contributed by atoms with Crippen LogP contribution in [0.2, 0.25) is 0 Å². The maximum absolute atomic E-state index is 10.5. The first kappa shape index (κ1) is 10.2. The van der Waals surface area contributed by atoms with Gasteiger partial charge in [0.15, 0.2) is 0 Å². The van der Waals surface area contributed by atoms with Crippen molar-refractivity contribution in [2.75, 3.05) is 6.61 Å². The molecule has 4 heteroatoms. The van der Waals surface area contributed by atoms with Gasteiger partial charge in [-0.1, -0.05) is 6.08 Å². The van der Waals surface area contributed by atoms with Gasteiger partial charge in [-0.05, 0) is 18.6 Å². The van der Waals surface area contributed by atoms with E-state index in [-0.39, 0.29) is 5.69 Å². The molecule has 0 unspecified atom stereocenters. The molecule has 0 aliphatic heterocycles. The Morgan fingerprint density at radius 3 is 2.93 bits per heavy atom. The van der Waals surface area contributed by atoms with E-state index in [1.165, 1.54) is 12.3 Å². The topological polar surface area (TPSA) is 59.4 Å². The number of carboxylic acids is 1. The normalized spacial score (nSPS) is 9.43. The zero-order chi connectivity index (χ0) is 10.4. The van der Waals surface area contributed by atoms with Crippen LogP contribution in [0.5, 0.6) is 5.75 Å². The van der Waals surface area contributed by atoms with E-state index in [0.717, 1.165) is 6.42 Å². The Labute approximate surface area is 81.9 Å². The molecule has 1 N–H and O–H groups in total. The van der Waals surface area contributed by atoms with E-state index in [9.17, 15) is 4.79 Å². The van der Waals surface area contributed by atoms with Gasteiger partial charge >= 0.3 is 5.97 Å². The molecule has 0 amide bonds. The summed E-state index contributed by atoms with van der Waals surface area (Å²) in [5.74, 6) is -0.473. The summed E-state index contributed by atoms with van der Waals surface area (Å²) >= 11 is 0. The van der Waals surface area contributed by atoms with Crippen LogP contribution in [0, 0.1) is 0 Å². The van der Waals surface area contributed by atoms with Crippen molar-refractivity contribution in [2.24, 2.45) is 0 Å². The lowest BCUT2D eigenvalue weighted by Crippen LogP contribution is -2.01. The fourth-order valence-electron chi connectivity index (χ4n) is 0.852. The highest BCUT2D eigenvalue weighted by Crippen LogP contribution is 2.09. The van der Waals surface area contributed by atoms with Crippen LogP contribution in [-0.2, 0) is 0 Å². The molecule has 14 heavy (non-hydrogen) atoms. The Balaban J connectivity index is 2.55. The maximum Gasteiger partial charge on any atom is 0.354 e. The van der Waals surface area contributed by atoms with E-state index in [4.69, 9.17) is 9.84 Å². The number of nitrogens with zero attached hydrogens (tertiary/aromatic N) is 1. The van der Waals surface area contributed by atoms with Gasteiger partial charge in [0, 0.05) is 0 Å². The van der Waals surface area contributed by atoms with Crippen LogP contribution in [0.4, 0.5) is 0 Å².